The van der Waals surface area contributed by atoms with Crippen LogP contribution >= 0.6 is 0 Å². The SMILES string of the molecule is CC(C)(C)c1cc(-c2nc3c(-c4[c-]c(-c5ccccn5)cc(-c5ccc(Cc6ccccc6)cc5)c4)cccc3n2-c2ccccc2)c(O)c(C(C)(C)C)c1.[Pt]. The Kier molecular flexibility index (Phi) is 10.7. The topological polar surface area (TPSA) is 50.9 Å². The van der Waals surface area contributed by atoms with Crippen LogP contribution < -0.4 is 0 Å². The molecule has 282 valence electrons. The third kappa shape index (κ3) is 7.77. The van der Waals surface area contributed by atoms with Gasteiger partial charge >= 0.3 is 0 Å². The van der Waals surface area contributed by atoms with E-state index in [2.05, 4.69) is 161 Å². The number of fused-ring (bicyclic) bond motifs is 1. The molecule has 0 saturated heterocycles. The van der Waals surface area contributed by atoms with E-state index >= 15 is 0 Å². The Labute approximate surface area is 345 Å². The average molecular weight is 912 g/mol. The molecule has 8 aromatic rings. The number of aromatic hydroxyl groups is 1. The van der Waals surface area contributed by atoms with Crippen molar-refractivity contribution in [3.05, 3.63) is 180 Å². The van der Waals surface area contributed by atoms with Crippen molar-refractivity contribution >= 4 is 11.0 Å². The fraction of sp³-hybridized carbons (Fsp3) is 0.176. The van der Waals surface area contributed by atoms with E-state index in [-0.39, 0.29) is 37.6 Å². The molecule has 6 aromatic carbocycles. The van der Waals surface area contributed by atoms with Gasteiger partial charge in [-0.05, 0) is 69.8 Å². The zero-order chi connectivity index (χ0) is 38.3. The first kappa shape index (κ1) is 38.7. The molecule has 2 heterocycles. The van der Waals surface area contributed by atoms with Gasteiger partial charge in [-0.15, -0.1) is 23.8 Å². The largest absolute Gasteiger partial charge is 0.507 e. The number of hydrogen-bond acceptors (Lipinski definition) is 3. The van der Waals surface area contributed by atoms with Crippen molar-refractivity contribution in [1.29, 1.82) is 0 Å². The second-order valence-electron chi connectivity index (χ2n) is 16.5. The van der Waals surface area contributed by atoms with E-state index in [0.717, 1.165) is 67.8 Å². The number of hydrogen-bond donors (Lipinski definition) is 1. The number of phenolic OH excluding ortho intramolecular Hbond substituents is 1. The standard InChI is InChI=1S/C51H46N3O.Pt/c1-50(2,3)40-32-43(48(55)44(33-40)51(4,5)6)49-53-47-42(20-15-22-46(47)54(49)41-18-11-8-12-19-41)38-29-37(30-39(31-38)45-21-13-14-27-52-45)36-25-23-35(24-26-36)28-34-16-9-7-10-17-34;/h7-27,29-30,32-33,55H,28H2,1-6H3;/q-1;. The van der Waals surface area contributed by atoms with Gasteiger partial charge in [-0.25, -0.2) is 4.98 Å². The zero-order valence-corrected chi connectivity index (χ0v) is 35.0. The Hall–Kier alpha value is -5.57. The van der Waals surface area contributed by atoms with Crippen molar-refractivity contribution in [2.45, 2.75) is 58.8 Å². The molecule has 0 aliphatic heterocycles. The fourth-order valence-corrected chi connectivity index (χ4v) is 7.33. The van der Waals surface area contributed by atoms with E-state index in [1.54, 1.807) is 0 Å². The summed E-state index contributed by atoms with van der Waals surface area (Å²) >= 11 is 0. The van der Waals surface area contributed by atoms with E-state index in [1.165, 1.54) is 11.1 Å². The predicted molar refractivity (Wildman–Crippen MR) is 228 cm³/mol. The average Bonchev–Trinajstić information content (AvgIpc) is 3.58. The quantitative estimate of drug-likeness (QED) is 0.162. The normalized spacial score (nSPS) is 11.8. The number of benzene rings is 6. The van der Waals surface area contributed by atoms with Gasteiger partial charge < -0.3 is 5.11 Å². The monoisotopic (exact) mass is 911 g/mol. The zero-order valence-electron chi connectivity index (χ0n) is 32.7. The molecule has 0 aliphatic carbocycles. The summed E-state index contributed by atoms with van der Waals surface area (Å²) in [7, 11) is 0. The molecule has 2 aromatic heterocycles. The summed E-state index contributed by atoms with van der Waals surface area (Å²) in [6, 6.07) is 54.5. The number of rotatable bonds is 7. The molecule has 0 bridgehead atoms. The van der Waals surface area contributed by atoms with E-state index in [0.29, 0.717) is 11.4 Å². The molecular formula is C51H46N3OPt-. The number of para-hydroxylation sites is 2. The van der Waals surface area contributed by atoms with E-state index < -0.39 is 0 Å². The van der Waals surface area contributed by atoms with Crippen molar-refractivity contribution in [3.63, 3.8) is 0 Å². The van der Waals surface area contributed by atoms with E-state index in [9.17, 15) is 5.11 Å². The van der Waals surface area contributed by atoms with Gasteiger partial charge in [0, 0.05) is 44.2 Å². The number of pyridine rings is 1. The van der Waals surface area contributed by atoms with Gasteiger partial charge in [0.05, 0.1) is 16.6 Å². The van der Waals surface area contributed by atoms with Crippen LogP contribution in [0.2, 0.25) is 0 Å². The summed E-state index contributed by atoms with van der Waals surface area (Å²) in [6.07, 6.45) is 2.71. The molecule has 0 unspecified atom stereocenters. The third-order valence-electron chi connectivity index (χ3n) is 10.4. The van der Waals surface area contributed by atoms with E-state index in [4.69, 9.17) is 9.97 Å². The summed E-state index contributed by atoms with van der Waals surface area (Å²) in [5.41, 5.74) is 13.5. The molecule has 0 radical (unpaired) electrons. The number of nitrogens with zero attached hydrogens (tertiary/aromatic N) is 3. The molecule has 0 saturated carbocycles. The van der Waals surface area contributed by atoms with E-state index in [1.807, 2.05) is 42.6 Å². The maximum absolute atomic E-state index is 12.1. The van der Waals surface area contributed by atoms with Crippen molar-refractivity contribution in [2.75, 3.05) is 0 Å². The van der Waals surface area contributed by atoms with Gasteiger partial charge in [0.1, 0.15) is 11.6 Å². The smallest absolute Gasteiger partial charge is 0.148 e. The van der Waals surface area contributed by atoms with Crippen LogP contribution in [0.4, 0.5) is 0 Å². The van der Waals surface area contributed by atoms with Crippen LogP contribution in [0.3, 0.4) is 0 Å². The Bertz CT molecular complexity index is 2620. The first-order chi connectivity index (χ1) is 26.4. The van der Waals surface area contributed by atoms with Crippen LogP contribution in [0.15, 0.2) is 152 Å². The van der Waals surface area contributed by atoms with Crippen molar-refractivity contribution in [1.82, 2.24) is 14.5 Å². The van der Waals surface area contributed by atoms with Gasteiger partial charge in [-0.1, -0.05) is 161 Å². The Morgan fingerprint density at radius 1 is 0.607 bits per heavy atom. The molecule has 0 amide bonds. The second-order valence-corrected chi connectivity index (χ2v) is 16.5. The van der Waals surface area contributed by atoms with Crippen molar-refractivity contribution in [3.8, 4) is 56.3 Å². The minimum atomic E-state index is -0.286. The Balaban J connectivity index is 0.00000480. The summed E-state index contributed by atoms with van der Waals surface area (Å²) in [6.45, 7) is 13.1. The van der Waals surface area contributed by atoms with Gasteiger partial charge in [-0.2, -0.15) is 0 Å². The number of phenols is 1. The predicted octanol–water partition coefficient (Wildman–Crippen LogP) is 12.8. The van der Waals surface area contributed by atoms with Gasteiger partial charge in [0.2, 0.25) is 0 Å². The van der Waals surface area contributed by atoms with Crippen LogP contribution in [0.1, 0.15) is 63.8 Å². The van der Waals surface area contributed by atoms with Crippen LogP contribution in [0.5, 0.6) is 5.75 Å². The van der Waals surface area contributed by atoms with Crippen LogP contribution in [-0.2, 0) is 38.3 Å². The maximum Gasteiger partial charge on any atom is 0.148 e. The first-order valence-electron chi connectivity index (χ1n) is 19.0. The molecule has 4 nitrogen and oxygen atoms in total. The molecule has 0 spiro atoms. The van der Waals surface area contributed by atoms with Gasteiger partial charge in [0.25, 0.3) is 0 Å². The van der Waals surface area contributed by atoms with Crippen molar-refractivity contribution in [2.24, 2.45) is 0 Å². The van der Waals surface area contributed by atoms with Crippen LogP contribution in [0.25, 0.3) is 61.6 Å². The minimum absolute atomic E-state index is 0. The maximum atomic E-state index is 12.1. The second kappa shape index (κ2) is 15.5. The van der Waals surface area contributed by atoms with Gasteiger partial charge in [0.15, 0.2) is 0 Å². The summed E-state index contributed by atoms with van der Waals surface area (Å²) < 4.78 is 2.18. The fourth-order valence-electron chi connectivity index (χ4n) is 7.33. The Morgan fingerprint density at radius 2 is 1.27 bits per heavy atom. The molecule has 56 heavy (non-hydrogen) atoms. The van der Waals surface area contributed by atoms with Gasteiger partial charge in [-0.3, -0.25) is 9.55 Å². The van der Waals surface area contributed by atoms with Crippen molar-refractivity contribution < 1.29 is 26.2 Å². The van der Waals surface area contributed by atoms with Crippen LogP contribution in [0, 0.1) is 6.07 Å². The summed E-state index contributed by atoms with van der Waals surface area (Å²) in [4.78, 5) is 10.2. The molecule has 0 atom stereocenters. The summed E-state index contributed by atoms with van der Waals surface area (Å²) in [5, 5.41) is 12.1. The molecule has 1 N–H and O–H groups in total. The molecule has 5 heteroatoms. The minimum Gasteiger partial charge on any atom is -0.507 e. The number of aromatic nitrogens is 3. The molecular weight excluding hydrogens is 866 g/mol. The molecule has 0 aliphatic rings. The third-order valence-corrected chi connectivity index (χ3v) is 10.4. The van der Waals surface area contributed by atoms with Crippen LogP contribution in [-0.4, -0.2) is 19.6 Å². The molecule has 0 fully saturated rings. The summed E-state index contributed by atoms with van der Waals surface area (Å²) in [5.74, 6) is 0.953. The molecule has 8 rings (SSSR count). The first-order valence-corrected chi connectivity index (χ1v) is 19.0. The Morgan fingerprint density at radius 3 is 1.93 bits per heavy atom. The number of imidazole rings is 1.